The normalized spacial score (nSPS) is 12.2. The van der Waals surface area contributed by atoms with Crippen LogP contribution in [0.1, 0.15) is 25.0 Å². The van der Waals surface area contributed by atoms with Crippen molar-refractivity contribution in [1.29, 1.82) is 0 Å². The van der Waals surface area contributed by atoms with E-state index in [2.05, 4.69) is 6.92 Å². The van der Waals surface area contributed by atoms with Crippen molar-refractivity contribution >= 4 is 23.2 Å². The summed E-state index contributed by atoms with van der Waals surface area (Å²) >= 11 is 12.2. The van der Waals surface area contributed by atoms with Gasteiger partial charge in [0.2, 0.25) is 0 Å². The Morgan fingerprint density at radius 1 is 1.10 bits per heavy atom. The smallest absolute Gasteiger partial charge is 0.130 e. The van der Waals surface area contributed by atoms with Crippen LogP contribution in [0.3, 0.4) is 0 Å². The van der Waals surface area contributed by atoms with Gasteiger partial charge in [-0.25, -0.2) is 0 Å². The van der Waals surface area contributed by atoms with E-state index in [-0.39, 0.29) is 6.04 Å². The molecule has 0 aromatic heterocycles. The summed E-state index contributed by atoms with van der Waals surface area (Å²) in [6.07, 6.45) is 1.58. The number of nitrogens with two attached hydrogens (primary N) is 1. The van der Waals surface area contributed by atoms with Gasteiger partial charge in [-0.3, -0.25) is 0 Å². The molecule has 0 aliphatic rings. The van der Waals surface area contributed by atoms with Crippen LogP contribution < -0.4 is 10.5 Å². The van der Waals surface area contributed by atoms with E-state index in [9.17, 15) is 0 Å². The van der Waals surface area contributed by atoms with Gasteiger partial charge in [0, 0.05) is 16.1 Å². The van der Waals surface area contributed by atoms with Crippen LogP contribution in [0.25, 0.3) is 0 Å². The summed E-state index contributed by atoms with van der Waals surface area (Å²) in [6.45, 7) is 4.02. The molecular formula is C17H19Cl2NO. The molecule has 2 aromatic rings. The van der Waals surface area contributed by atoms with Crippen LogP contribution in [0, 0.1) is 0 Å². The Bertz CT molecular complexity index is 626. The van der Waals surface area contributed by atoms with Crippen molar-refractivity contribution in [3.05, 3.63) is 57.6 Å². The lowest BCUT2D eigenvalue weighted by Crippen LogP contribution is -2.18. The fourth-order valence-electron chi connectivity index (χ4n) is 2.17. The van der Waals surface area contributed by atoms with E-state index in [1.165, 1.54) is 0 Å². The van der Waals surface area contributed by atoms with E-state index in [0.29, 0.717) is 11.4 Å². The second-order valence-electron chi connectivity index (χ2n) is 5.14. The maximum Gasteiger partial charge on any atom is 0.130 e. The molecule has 4 heteroatoms. The summed E-state index contributed by atoms with van der Waals surface area (Å²) in [5, 5.41) is 1.44. The zero-order valence-corrected chi connectivity index (χ0v) is 13.7. The Kier molecular flexibility index (Phi) is 5.51. The van der Waals surface area contributed by atoms with Gasteiger partial charge in [0.25, 0.3) is 0 Å². The highest BCUT2D eigenvalue weighted by Gasteiger charge is 2.09. The van der Waals surface area contributed by atoms with E-state index in [4.69, 9.17) is 33.7 Å². The summed E-state index contributed by atoms with van der Waals surface area (Å²) in [5.41, 5.74) is 7.96. The molecule has 21 heavy (non-hydrogen) atoms. The number of hydrogen-bond donors (Lipinski definition) is 1. The van der Waals surface area contributed by atoms with Gasteiger partial charge < -0.3 is 10.5 Å². The standard InChI is InChI=1S/C17H19Cl2NO/c1-3-12-10-15(5-6-16(12)19)21-17-7-4-14(18)9-13(17)8-11(2)20/h4-7,9-11H,3,8,20H2,1-2H3. The molecule has 2 rings (SSSR count). The molecule has 0 saturated carbocycles. The van der Waals surface area contributed by atoms with Crippen LogP contribution in [0.4, 0.5) is 0 Å². The molecule has 0 amide bonds. The molecule has 112 valence electrons. The van der Waals surface area contributed by atoms with Gasteiger partial charge in [0.1, 0.15) is 11.5 Å². The third kappa shape index (κ3) is 4.37. The summed E-state index contributed by atoms with van der Waals surface area (Å²) in [6, 6.07) is 11.3. The third-order valence-electron chi connectivity index (χ3n) is 3.19. The lowest BCUT2D eigenvalue weighted by molar-refractivity contribution is 0.473. The molecule has 0 aliphatic carbocycles. The Morgan fingerprint density at radius 3 is 2.52 bits per heavy atom. The topological polar surface area (TPSA) is 35.2 Å². The van der Waals surface area contributed by atoms with Gasteiger partial charge >= 0.3 is 0 Å². The first-order chi connectivity index (χ1) is 9.99. The van der Waals surface area contributed by atoms with E-state index < -0.39 is 0 Å². The summed E-state index contributed by atoms with van der Waals surface area (Å²) < 4.78 is 5.99. The molecule has 2 aromatic carbocycles. The lowest BCUT2D eigenvalue weighted by Gasteiger charge is -2.14. The SMILES string of the molecule is CCc1cc(Oc2ccc(Cl)cc2CC(C)N)ccc1Cl. The second kappa shape index (κ2) is 7.17. The molecule has 1 unspecified atom stereocenters. The molecule has 0 radical (unpaired) electrons. The van der Waals surface area contributed by atoms with Crippen molar-refractivity contribution in [2.45, 2.75) is 32.7 Å². The molecule has 2 nitrogen and oxygen atoms in total. The Balaban J connectivity index is 2.30. The monoisotopic (exact) mass is 323 g/mol. The van der Waals surface area contributed by atoms with Crippen LogP contribution in [0.15, 0.2) is 36.4 Å². The Hall–Kier alpha value is -1.22. The molecule has 0 aliphatic heterocycles. The van der Waals surface area contributed by atoms with Crippen molar-refractivity contribution < 1.29 is 4.74 Å². The number of rotatable bonds is 5. The van der Waals surface area contributed by atoms with Crippen LogP contribution in [-0.2, 0) is 12.8 Å². The van der Waals surface area contributed by atoms with Gasteiger partial charge in [-0.1, -0.05) is 30.1 Å². The van der Waals surface area contributed by atoms with Gasteiger partial charge in [-0.2, -0.15) is 0 Å². The van der Waals surface area contributed by atoms with Crippen molar-refractivity contribution in [2.75, 3.05) is 0 Å². The molecule has 0 heterocycles. The minimum absolute atomic E-state index is 0.0437. The maximum absolute atomic E-state index is 6.13. The predicted octanol–water partition coefficient (Wildman–Crippen LogP) is 5.24. The van der Waals surface area contributed by atoms with Gasteiger partial charge in [0.15, 0.2) is 0 Å². The Labute approximate surface area is 135 Å². The summed E-state index contributed by atoms with van der Waals surface area (Å²) in [7, 11) is 0. The van der Waals surface area contributed by atoms with Gasteiger partial charge in [-0.15, -0.1) is 0 Å². The summed E-state index contributed by atoms with van der Waals surface area (Å²) in [4.78, 5) is 0. The number of halogens is 2. The molecule has 1 atom stereocenters. The molecule has 0 bridgehead atoms. The average Bonchev–Trinajstić information content (AvgIpc) is 2.43. The van der Waals surface area contributed by atoms with Crippen LogP contribution >= 0.6 is 23.2 Å². The zero-order chi connectivity index (χ0) is 15.4. The first kappa shape index (κ1) is 16.2. The molecule has 0 fully saturated rings. The lowest BCUT2D eigenvalue weighted by atomic mass is 10.1. The van der Waals surface area contributed by atoms with E-state index in [0.717, 1.165) is 34.1 Å². The highest BCUT2D eigenvalue weighted by atomic mass is 35.5. The fraction of sp³-hybridized carbons (Fsp3) is 0.294. The van der Waals surface area contributed by atoms with Crippen molar-refractivity contribution in [1.82, 2.24) is 0 Å². The zero-order valence-electron chi connectivity index (χ0n) is 12.2. The predicted molar refractivity (Wildman–Crippen MR) is 89.7 cm³/mol. The van der Waals surface area contributed by atoms with E-state index in [1.807, 2.05) is 43.3 Å². The second-order valence-corrected chi connectivity index (χ2v) is 5.99. The van der Waals surface area contributed by atoms with E-state index in [1.54, 1.807) is 0 Å². The maximum atomic E-state index is 6.13. The number of aryl methyl sites for hydroxylation is 1. The van der Waals surface area contributed by atoms with Crippen LogP contribution in [0.2, 0.25) is 10.0 Å². The number of ether oxygens (including phenoxy) is 1. The molecular weight excluding hydrogens is 305 g/mol. The quantitative estimate of drug-likeness (QED) is 0.816. The molecule has 0 saturated heterocycles. The van der Waals surface area contributed by atoms with Crippen molar-refractivity contribution in [3.8, 4) is 11.5 Å². The van der Waals surface area contributed by atoms with Gasteiger partial charge in [0.05, 0.1) is 0 Å². The van der Waals surface area contributed by atoms with Crippen molar-refractivity contribution in [2.24, 2.45) is 5.73 Å². The molecule has 2 N–H and O–H groups in total. The largest absolute Gasteiger partial charge is 0.457 e. The average molecular weight is 324 g/mol. The first-order valence-electron chi connectivity index (χ1n) is 7.00. The Morgan fingerprint density at radius 2 is 1.86 bits per heavy atom. The third-order valence-corrected chi connectivity index (χ3v) is 3.79. The van der Waals surface area contributed by atoms with Crippen molar-refractivity contribution in [3.63, 3.8) is 0 Å². The van der Waals surface area contributed by atoms with E-state index >= 15 is 0 Å². The van der Waals surface area contributed by atoms with Crippen LogP contribution in [-0.4, -0.2) is 6.04 Å². The fourth-order valence-corrected chi connectivity index (χ4v) is 2.61. The van der Waals surface area contributed by atoms with Crippen LogP contribution in [0.5, 0.6) is 11.5 Å². The molecule has 0 spiro atoms. The highest BCUT2D eigenvalue weighted by Crippen LogP contribution is 2.31. The van der Waals surface area contributed by atoms with Gasteiger partial charge in [-0.05, 0) is 67.3 Å². The first-order valence-corrected chi connectivity index (χ1v) is 7.75. The number of hydrogen-bond acceptors (Lipinski definition) is 2. The summed E-state index contributed by atoms with van der Waals surface area (Å²) in [5.74, 6) is 1.55. The number of benzene rings is 2. The minimum Gasteiger partial charge on any atom is -0.457 e. The minimum atomic E-state index is 0.0437. The highest BCUT2D eigenvalue weighted by molar-refractivity contribution is 6.31.